The Morgan fingerprint density at radius 3 is 2.56 bits per heavy atom. The Bertz CT molecular complexity index is 351. The molecule has 0 saturated heterocycles. The van der Waals surface area contributed by atoms with Gasteiger partial charge in [-0.15, -0.1) is 0 Å². The molecule has 0 aliphatic rings. The Hall–Kier alpha value is -1.35. The van der Waals surface area contributed by atoms with Gasteiger partial charge in [-0.1, -0.05) is 44.2 Å². The van der Waals surface area contributed by atoms with E-state index in [2.05, 4.69) is 5.32 Å². The van der Waals surface area contributed by atoms with Crippen LogP contribution in [0.15, 0.2) is 30.3 Å². The van der Waals surface area contributed by atoms with Crippen LogP contribution in [0.5, 0.6) is 0 Å². The molecular formula is C15H23NO2. The molecule has 0 spiro atoms. The maximum atomic E-state index is 11.7. The van der Waals surface area contributed by atoms with E-state index >= 15 is 0 Å². The Labute approximate surface area is 109 Å². The van der Waals surface area contributed by atoms with Crippen LogP contribution < -0.4 is 5.32 Å². The van der Waals surface area contributed by atoms with Gasteiger partial charge in [-0.3, -0.25) is 4.79 Å². The lowest BCUT2D eigenvalue weighted by atomic mass is 9.95. The van der Waals surface area contributed by atoms with Crippen molar-refractivity contribution in [1.29, 1.82) is 0 Å². The van der Waals surface area contributed by atoms with Crippen molar-refractivity contribution < 1.29 is 9.90 Å². The Kier molecular flexibility index (Phi) is 6.44. The Balaban J connectivity index is 2.56. The highest BCUT2D eigenvalue weighted by molar-refractivity contribution is 5.78. The lowest BCUT2D eigenvalue weighted by molar-refractivity contribution is -0.124. The van der Waals surface area contributed by atoms with Crippen LogP contribution in [0.2, 0.25) is 0 Å². The van der Waals surface area contributed by atoms with Crippen LogP contribution in [0, 0.1) is 5.92 Å². The van der Waals surface area contributed by atoms with Crippen LogP contribution in [0.25, 0.3) is 0 Å². The summed E-state index contributed by atoms with van der Waals surface area (Å²) in [6.07, 6.45) is 1.52. The van der Waals surface area contributed by atoms with Crippen molar-refractivity contribution >= 4 is 5.91 Å². The van der Waals surface area contributed by atoms with Crippen molar-refractivity contribution in [1.82, 2.24) is 5.32 Å². The molecule has 1 aromatic rings. The fourth-order valence-electron chi connectivity index (χ4n) is 1.85. The number of aliphatic hydroxyl groups excluding tert-OH is 1. The summed E-state index contributed by atoms with van der Waals surface area (Å²) in [6, 6.07) is 10.0. The summed E-state index contributed by atoms with van der Waals surface area (Å²) in [5, 5.41) is 12.1. The maximum Gasteiger partial charge on any atom is 0.222 e. The second-order valence-electron chi connectivity index (χ2n) is 4.67. The summed E-state index contributed by atoms with van der Waals surface area (Å²) in [5.41, 5.74) is 1.16. The Morgan fingerprint density at radius 2 is 2.00 bits per heavy atom. The van der Waals surface area contributed by atoms with Crippen LogP contribution in [0.3, 0.4) is 0 Å². The number of amides is 1. The molecular weight excluding hydrogens is 226 g/mol. The SMILES string of the molecule is CCC(C)C(=O)NCC(CCO)c1ccccc1. The lowest BCUT2D eigenvalue weighted by Crippen LogP contribution is -2.32. The zero-order chi connectivity index (χ0) is 13.4. The number of benzene rings is 1. The second-order valence-corrected chi connectivity index (χ2v) is 4.67. The molecule has 18 heavy (non-hydrogen) atoms. The van der Waals surface area contributed by atoms with Gasteiger partial charge >= 0.3 is 0 Å². The number of nitrogens with one attached hydrogen (secondary N) is 1. The first kappa shape index (κ1) is 14.7. The molecule has 1 rings (SSSR count). The second kappa shape index (κ2) is 7.88. The van der Waals surface area contributed by atoms with E-state index in [-0.39, 0.29) is 24.3 Å². The normalized spacial score (nSPS) is 13.9. The van der Waals surface area contributed by atoms with Gasteiger partial charge in [-0.25, -0.2) is 0 Å². The standard InChI is InChI=1S/C15H23NO2/c1-3-12(2)15(18)16-11-14(9-10-17)13-7-5-4-6-8-13/h4-8,12,14,17H,3,9-11H2,1-2H3,(H,16,18). The summed E-state index contributed by atoms with van der Waals surface area (Å²) >= 11 is 0. The monoisotopic (exact) mass is 249 g/mol. The van der Waals surface area contributed by atoms with E-state index in [1.54, 1.807) is 0 Å². The first-order valence-corrected chi connectivity index (χ1v) is 6.62. The van der Waals surface area contributed by atoms with E-state index in [4.69, 9.17) is 5.11 Å². The molecule has 2 atom stereocenters. The van der Waals surface area contributed by atoms with E-state index in [1.165, 1.54) is 0 Å². The molecule has 0 saturated carbocycles. The minimum atomic E-state index is 0.0514. The molecule has 3 nitrogen and oxygen atoms in total. The average molecular weight is 249 g/mol. The van der Waals surface area contributed by atoms with Crippen molar-refractivity contribution in [2.24, 2.45) is 5.92 Å². The lowest BCUT2D eigenvalue weighted by Gasteiger charge is -2.18. The summed E-state index contributed by atoms with van der Waals surface area (Å²) < 4.78 is 0. The van der Waals surface area contributed by atoms with Gasteiger partial charge in [0.2, 0.25) is 5.91 Å². The number of hydrogen-bond acceptors (Lipinski definition) is 2. The van der Waals surface area contributed by atoms with Gasteiger partial charge in [0.25, 0.3) is 0 Å². The van der Waals surface area contributed by atoms with E-state index in [0.29, 0.717) is 13.0 Å². The molecule has 0 aliphatic heterocycles. The van der Waals surface area contributed by atoms with Gasteiger partial charge in [0.1, 0.15) is 0 Å². The van der Waals surface area contributed by atoms with Gasteiger partial charge in [0.15, 0.2) is 0 Å². The van der Waals surface area contributed by atoms with Gasteiger partial charge in [0, 0.05) is 25.0 Å². The summed E-state index contributed by atoms with van der Waals surface area (Å²) in [6.45, 7) is 4.66. The smallest absolute Gasteiger partial charge is 0.222 e. The van der Waals surface area contributed by atoms with Crippen LogP contribution in [-0.4, -0.2) is 24.2 Å². The quantitative estimate of drug-likeness (QED) is 0.779. The predicted octanol–water partition coefficient (Wildman–Crippen LogP) is 2.31. The minimum Gasteiger partial charge on any atom is -0.396 e. The van der Waals surface area contributed by atoms with Gasteiger partial charge in [-0.05, 0) is 18.4 Å². The molecule has 0 fully saturated rings. The summed E-state index contributed by atoms with van der Waals surface area (Å²) in [5.74, 6) is 0.330. The van der Waals surface area contributed by atoms with Crippen LogP contribution in [0.4, 0.5) is 0 Å². The first-order chi connectivity index (χ1) is 8.69. The molecule has 0 radical (unpaired) electrons. The predicted molar refractivity (Wildman–Crippen MR) is 73.4 cm³/mol. The molecule has 0 aliphatic carbocycles. The van der Waals surface area contributed by atoms with E-state index in [0.717, 1.165) is 12.0 Å². The third-order valence-electron chi connectivity index (χ3n) is 3.33. The number of carbonyl (C=O) groups excluding carboxylic acids is 1. The van der Waals surface area contributed by atoms with E-state index in [9.17, 15) is 4.79 Å². The van der Waals surface area contributed by atoms with Crippen molar-refractivity contribution in [2.45, 2.75) is 32.6 Å². The molecule has 2 N–H and O–H groups in total. The highest BCUT2D eigenvalue weighted by atomic mass is 16.3. The zero-order valence-electron chi connectivity index (χ0n) is 11.2. The third-order valence-corrected chi connectivity index (χ3v) is 3.33. The van der Waals surface area contributed by atoms with Gasteiger partial charge < -0.3 is 10.4 Å². The molecule has 0 aromatic heterocycles. The van der Waals surface area contributed by atoms with Crippen molar-refractivity contribution in [3.05, 3.63) is 35.9 Å². The largest absolute Gasteiger partial charge is 0.396 e. The number of aliphatic hydroxyl groups is 1. The number of carbonyl (C=O) groups is 1. The van der Waals surface area contributed by atoms with Crippen LogP contribution >= 0.6 is 0 Å². The van der Waals surface area contributed by atoms with Gasteiger partial charge in [0.05, 0.1) is 0 Å². The van der Waals surface area contributed by atoms with Crippen LogP contribution in [-0.2, 0) is 4.79 Å². The molecule has 0 heterocycles. The van der Waals surface area contributed by atoms with E-state index < -0.39 is 0 Å². The van der Waals surface area contributed by atoms with Crippen molar-refractivity contribution in [2.75, 3.05) is 13.2 Å². The van der Waals surface area contributed by atoms with E-state index in [1.807, 2.05) is 44.2 Å². The summed E-state index contributed by atoms with van der Waals surface area (Å²) in [4.78, 5) is 11.7. The molecule has 2 unspecified atom stereocenters. The van der Waals surface area contributed by atoms with Crippen molar-refractivity contribution in [3.63, 3.8) is 0 Å². The van der Waals surface area contributed by atoms with Crippen molar-refractivity contribution in [3.8, 4) is 0 Å². The zero-order valence-corrected chi connectivity index (χ0v) is 11.2. The summed E-state index contributed by atoms with van der Waals surface area (Å²) in [7, 11) is 0. The number of rotatable bonds is 7. The minimum absolute atomic E-state index is 0.0514. The maximum absolute atomic E-state index is 11.7. The highest BCUT2D eigenvalue weighted by Gasteiger charge is 2.14. The topological polar surface area (TPSA) is 49.3 Å². The van der Waals surface area contributed by atoms with Crippen LogP contribution in [0.1, 0.15) is 38.2 Å². The molecule has 100 valence electrons. The fraction of sp³-hybridized carbons (Fsp3) is 0.533. The van der Waals surface area contributed by atoms with Gasteiger partial charge in [-0.2, -0.15) is 0 Å². The molecule has 0 bridgehead atoms. The molecule has 3 heteroatoms. The molecule has 1 aromatic carbocycles. The average Bonchev–Trinajstić information content (AvgIpc) is 2.43. The third kappa shape index (κ3) is 4.49. The number of hydrogen-bond donors (Lipinski definition) is 2. The molecule has 1 amide bonds. The highest BCUT2D eigenvalue weighted by Crippen LogP contribution is 2.18. The first-order valence-electron chi connectivity index (χ1n) is 6.62. The Morgan fingerprint density at radius 1 is 1.33 bits per heavy atom. The fourth-order valence-corrected chi connectivity index (χ4v) is 1.85.